The molecule has 0 amide bonds. The van der Waals surface area contributed by atoms with Crippen molar-refractivity contribution in [2.45, 2.75) is 0 Å². The first-order valence-electron chi connectivity index (χ1n) is 4.64. The molecule has 3 heterocycles. The minimum Gasteiger partial charge on any atom is -0.275 e. The molecule has 3 rings (SSSR count). The lowest BCUT2D eigenvalue weighted by molar-refractivity contribution is 0.768. The zero-order chi connectivity index (χ0) is 11.1. The summed E-state index contributed by atoms with van der Waals surface area (Å²) >= 11 is 7.45. The number of nitrogens with zero attached hydrogens (tertiary/aromatic N) is 4. The first kappa shape index (κ1) is 9.74. The number of fused-ring (bicyclic) bond motifs is 1. The van der Waals surface area contributed by atoms with Crippen LogP contribution in [-0.4, -0.2) is 19.7 Å². The van der Waals surface area contributed by atoms with Gasteiger partial charge < -0.3 is 0 Å². The summed E-state index contributed by atoms with van der Waals surface area (Å²) in [6, 6.07) is 2.00. The number of rotatable bonds is 1. The van der Waals surface area contributed by atoms with Crippen LogP contribution in [0, 0.1) is 0 Å². The number of hydrogen-bond acceptors (Lipinski definition) is 4. The molecule has 0 radical (unpaired) electrons. The Morgan fingerprint density at radius 3 is 3.00 bits per heavy atom. The maximum Gasteiger partial charge on any atom is 0.224 e. The summed E-state index contributed by atoms with van der Waals surface area (Å²) < 4.78 is 1.74. The molecule has 3 aromatic rings. The van der Waals surface area contributed by atoms with Crippen LogP contribution >= 0.6 is 22.9 Å². The van der Waals surface area contributed by atoms with Crippen molar-refractivity contribution in [3.8, 4) is 11.3 Å². The van der Waals surface area contributed by atoms with Crippen molar-refractivity contribution < 1.29 is 0 Å². The second-order valence-electron chi connectivity index (χ2n) is 3.38. The molecule has 0 aliphatic carbocycles. The van der Waals surface area contributed by atoms with Crippen LogP contribution in [0.4, 0.5) is 0 Å². The van der Waals surface area contributed by atoms with Crippen molar-refractivity contribution in [3.63, 3.8) is 0 Å². The van der Waals surface area contributed by atoms with Gasteiger partial charge in [0.1, 0.15) is 4.83 Å². The summed E-state index contributed by atoms with van der Waals surface area (Å²) in [6.45, 7) is 0. The first-order valence-corrected chi connectivity index (χ1v) is 5.89. The maximum atomic E-state index is 5.89. The van der Waals surface area contributed by atoms with E-state index in [4.69, 9.17) is 11.6 Å². The lowest BCUT2D eigenvalue weighted by Gasteiger charge is -1.99. The molecule has 0 fully saturated rings. The van der Waals surface area contributed by atoms with E-state index in [1.165, 1.54) is 0 Å². The predicted octanol–water partition coefficient (Wildman–Crippen LogP) is 2.75. The number of halogens is 1. The molecule has 0 unspecified atom stereocenters. The quantitative estimate of drug-likeness (QED) is 0.624. The van der Waals surface area contributed by atoms with Gasteiger partial charge in [0, 0.05) is 24.2 Å². The fourth-order valence-electron chi connectivity index (χ4n) is 1.59. The minimum absolute atomic E-state index is 0.272. The van der Waals surface area contributed by atoms with Crippen LogP contribution in [0.1, 0.15) is 0 Å². The molecule has 0 bridgehead atoms. The van der Waals surface area contributed by atoms with Crippen LogP contribution in [0.2, 0.25) is 5.28 Å². The van der Waals surface area contributed by atoms with Gasteiger partial charge in [-0.15, -0.1) is 11.3 Å². The third-order valence-electron chi connectivity index (χ3n) is 2.28. The fourth-order valence-corrected chi connectivity index (χ4v) is 2.58. The summed E-state index contributed by atoms with van der Waals surface area (Å²) in [4.78, 5) is 9.34. The summed E-state index contributed by atoms with van der Waals surface area (Å²) in [6.07, 6.45) is 3.69. The van der Waals surface area contributed by atoms with E-state index < -0.39 is 0 Å². The van der Waals surface area contributed by atoms with Crippen LogP contribution in [0.5, 0.6) is 0 Å². The van der Waals surface area contributed by atoms with Crippen molar-refractivity contribution in [2.75, 3.05) is 0 Å². The van der Waals surface area contributed by atoms with Crippen molar-refractivity contribution in [1.29, 1.82) is 0 Å². The van der Waals surface area contributed by atoms with E-state index in [1.54, 1.807) is 22.2 Å². The second kappa shape index (κ2) is 3.54. The Morgan fingerprint density at radius 2 is 2.25 bits per heavy atom. The van der Waals surface area contributed by atoms with E-state index in [0.717, 1.165) is 21.5 Å². The van der Waals surface area contributed by atoms with E-state index >= 15 is 0 Å². The summed E-state index contributed by atoms with van der Waals surface area (Å²) in [5.41, 5.74) is 1.79. The van der Waals surface area contributed by atoms with E-state index in [9.17, 15) is 0 Å². The Balaban J connectivity index is 2.33. The molecule has 0 aliphatic heterocycles. The molecular weight excluding hydrogens is 244 g/mol. The monoisotopic (exact) mass is 250 g/mol. The molecule has 6 heteroatoms. The molecule has 0 N–H and O–H groups in total. The minimum atomic E-state index is 0.272. The van der Waals surface area contributed by atoms with Crippen molar-refractivity contribution in [1.82, 2.24) is 19.7 Å². The van der Waals surface area contributed by atoms with Gasteiger partial charge in [-0.2, -0.15) is 5.10 Å². The smallest absolute Gasteiger partial charge is 0.224 e. The van der Waals surface area contributed by atoms with Gasteiger partial charge in [0.2, 0.25) is 5.28 Å². The van der Waals surface area contributed by atoms with Crippen LogP contribution < -0.4 is 0 Å². The van der Waals surface area contributed by atoms with Crippen molar-refractivity contribution in [2.24, 2.45) is 7.05 Å². The topological polar surface area (TPSA) is 43.6 Å². The van der Waals surface area contributed by atoms with Gasteiger partial charge in [-0.3, -0.25) is 4.68 Å². The molecule has 0 aliphatic rings. The summed E-state index contributed by atoms with van der Waals surface area (Å²) in [7, 11) is 1.87. The average Bonchev–Trinajstić information content (AvgIpc) is 2.84. The Labute approximate surface area is 101 Å². The number of aromatic nitrogens is 4. The highest BCUT2D eigenvalue weighted by atomic mass is 35.5. The SMILES string of the molecule is Cn1cc(-c2nc(Cl)nc3sccc23)cn1. The molecule has 0 spiro atoms. The third-order valence-corrected chi connectivity index (χ3v) is 3.25. The highest BCUT2D eigenvalue weighted by Crippen LogP contribution is 2.29. The van der Waals surface area contributed by atoms with Gasteiger partial charge in [0.05, 0.1) is 11.9 Å². The van der Waals surface area contributed by atoms with Crippen LogP contribution in [0.3, 0.4) is 0 Å². The lowest BCUT2D eigenvalue weighted by Crippen LogP contribution is -1.87. The fraction of sp³-hybridized carbons (Fsp3) is 0.100. The Morgan fingerprint density at radius 1 is 1.38 bits per heavy atom. The summed E-state index contributed by atoms with van der Waals surface area (Å²) in [5, 5.41) is 7.40. The largest absolute Gasteiger partial charge is 0.275 e. The normalized spacial score (nSPS) is 11.1. The maximum absolute atomic E-state index is 5.89. The van der Waals surface area contributed by atoms with Gasteiger partial charge in [-0.05, 0) is 23.0 Å². The highest BCUT2D eigenvalue weighted by molar-refractivity contribution is 7.16. The molecule has 16 heavy (non-hydrogen) atoms. The van der Waals surface area contributed by atoms with Crippen LogP contribution in [0.25, 0.3) is 21.5 Å². The molecule has 80 valence electrons. The molecule has 3 aromatic heterocycles. The van der Waals surface area contributed by atoms with E-state index in [2.05, 4.69) is 15.1 Å². The zero-order valence-corrected chi connectivity index (χ0v) is 9.96. The zero-order valence-electron chi connectivity index (χ0n) is 8.38. The van der Waals surface area contributed by atoms with E-state index in [0.29, 0.717) is 0 Å². The molecule has 0 atom stereocenters. The van der Waals surface area contributed by atoms with Gasteiger partial charge in [0.15, 0.2) is 0 Å². The first-order chi connectivity index (χ1) is 7.74. The second-order valence-corrected chi connectivity index (χ2v) is 4.62. The van der Waals surface area contributed by atoms with Gasteiger partial charge in [-0.25, -0.2) is 9.97 Å². The Kier molecular flexibility index (Phi) is 2.15. The molecule has 0 aromatic carbocycles. The molecule has 4 nitrogen and oxygen atoms in total. The highest BCUT2D eigenvalue weighted by Gasteiger charge is 2.10. The molecule has 0 saturated heterocycles. The summed E-state index contributed by atoms with van der Waals surface area (Å²) in [5.74, 6) is 0. The average molecular weight is 251 g/mol. The van der Waals surface area contributed by atoms with Crippen molar-refractivity contribution >= 4 is 33.2 Å². The van der Waals surface area contributed by atoms with Crippen molar-refractivity contribution in [3.05, 3.63) is 29.1 Å². The van der Waals surface area contributed by atoms with Crippen LogP contribution in [-0.2, 0) is 7.05 Å². The predicted molar refractivity (Wildman–Crippen MR) is 64.6 cm³/mol. The Bertz CT molecular complexity index is 658. The lowest BCUT2D eigenvalue weighted by atomic mass is 10.2. The van der Waals surface area contributed by atoms with Gasteiger partial charge in [-0.1, -0.05) is 0 Å². The van der Waals surface area contributed by atoms with Crippen LogP contribution in [0.15, 0.2) is 23.8 Å². The van der Waals surface area contributed by atoms with E-state index in [-0.39, 0.29) is 5.28 Å². The standard InChI is InChI=1S/C10H7ClN4S/c1-15-5-6(4-12-15)8-7-2-3-16-9(7)14-10(11)13-8/h2-5H,1H3. The molecular formula is C10H7ClN4S. The van der Waals surface area contributed by atoms with Gasteiger partial charge in [0.25, 0.3) is 0 Å². The third kappa shape index (κ3) is 1.48. The number of aryl methyl sites for hydroxylation is 1. The van der Waals surface area contributed by atoms with Gasteiger partial charge >= 0.3 is 0 Å². The van der Waals surface area contributed by atoms with E-state index in [1.807, 2.05) is 24.7 Å². The molecule has 0 saturated carbocycles. The number of thiophene rings is 1. The number of hydrogen-bond donors (Lipinski definition) is 0. The Hall–Kier alpha value is -1.46.